The summed E-state index contributed by atoms with van der Waals surface area (Å²) < 4.78 is 17.2. The highest BCUT2D eigenvalue weighted by Crippen LogP contribution is 2.20. The van der Waals surface area contributed by atoms with E-state index in [1.807, 2.05) is 36.4 Å². The van der Waals surface area contributed by atoms with E-state index in [1.165, 1.54) is 17.8 Å². The van der Waals surface area contributed by atoms with Crippen LogP contribution in [0.4, 0.5) is 0 Å². The van der Waals surface area contributed by atoms with Crippen LogP contribution in [0.15, 0.2) is 89.9 Å². The smallest absolute Gasteiger partial charge is 0.328 e. The number of esters is 1. The van der Waals surface area contributed by atoms with E-state index in [-0.39, 0.29) is 12.1 Å². The van der Waals surface area contributed by atoms with Gasteiger partial charge in [0, 0.05) is 22.6 Å². The van der Waals surface area contributed by atoms with E-state index >= 15 is 0 Å². The number of nitrogens with one attached hydrogen (secondary N) is 1. The van der Waals surface area contributed by atoms with Crippen molar-refractivity contribution in [3.8, 4) is 17.0 Å². The number of aromatic nitrogens is 3. The number of furan rings is 1. The van der Waals surface area contributed by atoms with Gasteiger partial charge in [0.15, 0.2) is 5.65 Å². The summed E-state index contributed by atoms with van der Waals surface area (Å²) in [5.41, 5.74) is 3.94. The van der Waals surface area contributed by atoms with Gasteiger partial charge in [0.1, 0.15) is 24.1 Å². The molecule has 9 nitrogen and oxygen atoms in total. The third-order valence-corrected chi connectivity index (χ3v) is 6.08. The number of hydrogen-bond acceptors (Lipinski definition) is 7. The SMILES string of the molecule is COC(=O)[C@H](Cc1ccc(OCc2ccoc2)cc1)NC(=O)c1cn2nc(-c3ccc(Cl)cc3)ccc2n1. The molecule has 38 heavy (non-hydrogen) atoms. The Hall–Kier alpha value is -4.63. The second kappa shape index (κ2) is 11.2. The van der Waals surface area contributed by atoms with Gasteiger partial charge in [-0.25, -0.2) is 14.3 Å². The molecule has 0 unspecified atom stereocenters. The van der Waals surface area contributed by atoms with Gasteiger partial charge < -0.3 is 19.2 Å². The minimum Gasteiger partial charge on any atom is -0.489 e. The van der Waals surface area contributed by atoms with Gasteiger partial charge in [0.25, 0.3) is 5.91 Å². The Morgan fingerprint density at radius 3 is 2.53 bits per heavy atom. The highest BCUT2D eigenvalue weighted by atomic mass is 35.5. The van der Waals surface area contributed by atoms with Crippen molar-refractivity contribution in [2.24, 2.45) is 0 Å². The standard InChI is InChI=1S/C28H23ClN4O5/c1-36-28(35)24(14-18-2-8-22(9-3-18)38-17-19-12-13-37-16-19)31-27(34)25-15-33-26(30-25)11-10-23(32-33)20-4-6-21(29)7-5-20/h2-13,15-16,24H,14,17H2,1H3,(H,31,34)/t24-/m0/s1. The lowest BCUT2D eigenvalue weighted by molar-refractivity contribution is -0.142. The summed E-state index contributed by atoms with van der Waals surface area (Å²) in [6, 6.07) is 19.1. The molecule has 5 aromatic rings. The topological polar surface area (TPSA) is 108 Å². The summed E-state index contributed by atoms with van der Waals surface area (Å²) in [6.45, 7) is 0.381. The van der Waals surface area contributed by atoms with Gasteiger partial charge in [-0.1, -0.05) is 35.9 Å². The number of benzene rings is 2. The number of methoxy groups -OCH3 is 1. The van der Waals surface area contributed by atoms with Gasteiger partial charge in [-0.15, -0.1) is 0 Å². The lowest BCUT2D eigenvalue weighted by atomic mass is 10.1. The molecule has 3 heterocycles. The predicted octanol–water partition coefficient (Wildman–Crippen LogP) is 4.74. The van der Waals surface area contributed by atoms with Crippen LogP contribution in [0.5, 0.6) is 5.75 Å². The van der Waals surface area contributed by atoms with Crippen molar-refractivity contribution < 1.29 is 23.5 Å². The van der Waals surface area contributed by atoms with E-state index in [1.54, 1.807) is 42.9 Å². The number of nitrogens with zero attached hydrogens (tertiary/aromatic N) is 3. The van der Waals surface area contributed by atoms with Crippen molar-refractivity contribution in [2.75, 3.05) is 7.11 Å². The van der Waals surface area contributed by atoms with Crippen LogP contribution < -0.4 is 10.1 Å². The lowest BCUT2D eigenvalue weighted by Crippen LogP contribution is -2.43. The largest absolute Gasteiger partial charge is 0.489 e. The summed E-state index contributed by atoms with van der Waals surface area (Å²) in [4.78, 5) is 29.8. The fourth-order valence-electron chi connectivity index (χ4n) is 3.83. The quantitative estimate of drug-likeness (QED) is 0.274. The number of halogens is 1. The predicted molar refractivity (Wildman–Crippen MR) is 140 cm³/mol. The molecular formula is C28H23ClN4O5. The third kappa shape index (κ3) is 5.84. The first-order valence-corrected chi connectivity index (χ1v) is 12.1. The maximum atomic E-state index is 13.0. The van der Waals surface area contributed by atoms with E-state index in [9.17, 15) is 9.59 Å². The van der Waals surface area contributed by atoms with Crippen LogP contribution in [0, 0.1) is 0 Å². The molecule has 0 aliphatic carbocycles. The second-order valence-electron chi connectivity index (χ2n) is 8.47. The first-order valence-electron chi connectivity index (χ1n) is 11.7. The Bertz CT molecular complexity index is 1550. The number of carbonyl (C=O) groups excluding carboxylic acids is 2. The monoisotopic (exact) mass is 530 g/mol. The average molecular weight is 531 g/mol. The number of rotatable bonds is 9. The van der Waals surface area contributed by atoms with E-state index in [0.717, 1.165) is 16.7 Å². The van der Waals surface area contributed by atoms with E-state index in [0.29, 0.717) is 28.7 Å². The molecule has 192 valence electrons. The minimum absolute atomic E-state index is 0.127. The molecule has 1 amide bonds. The lowest BCUT2D eigenvalue weighted by Gasteiger charge is -2.16. The molecule has 0 bridgehead atoms. The zero-order valence-electron chi connectivity index (χ0n) is 20.3. The Labute approximate surface area is 223 Å². The van der Waals surface area contributed by atoms with Crippen molar-refractivity contribution in [2.45, 2.75) is 19.1 Å². The number of imidazole rings is 1. The van der Waals surface area contributed by atoms with Gasteiger partial charge >= 0.3 is 5.97 Å². The van der Waals surface area contributed by atoms with Crippen molar-refractivity contribution in [3.63, 3.8) is 0 Å². The van der Waals surface area contributed by atoms with Crippen molar-refractivity contribution in [1.82, 2.24) is 19.9 Å². The summed E-state index contributed by atoms with van der Waals surface area (Å²) in [6.07, 6.45) is 4.96. The number of amides is 1. The third-order valence-electron chi connectivity index (χ3n) is 5.83. The summed E-state index contributed by atoms with van der Waals surface area (Å²) in [7, 11) is 1.28. The molecule has 1 N–H and O–H groups in total. The first kappa shape index (κ1) is 25.0. The molecule has 0 saturated carbocycles. The number of fused-ring (bicyclic) bond motifs is 1. The molecule has 2 aromatic carbocycles. The zero-order chi connectivity index (χ0) is 26.5. The second-order valence-corrected chi connectivity index (χ2v) is 8.91. The molecule has 1 atom stereocenters. The molecular weight excluding hydrogens is 508 g/mol. The maximum absolute atomic E-state index is 13.0. The van der Waals surface area contributed by atoms with Crippen molar-refractivity contribution in [3.05, 3.63) is 107 Å². The Balaban J connectivity index is 1.27. The van der Waals surface area contributed by atoms with Crippen LogP contribution in [-0.4, -0.2) is 39.6 Å². The fourth-order valence-corrected chi connectivity index (χ4v) is 3.96. The van der Waals surface area contributed by atoms with Gasteiger partial charge in [-0.2, -0.15) is 5.10 Å². The number of ether oxygens (including phenoxy) is 2. The van der Waals surface area contributed by atoms with Crippen molar-refractivity contribution >= 4 is 29.1 Å². The molecule has 0 radical (unpaired) electrons. The molecule has 0 spiro atoms. The van der Waals surface area contributed by atoms with Gasteiger partial charge in [0.2, 0.25) is 0 Å². The molecule has 0 aliphatic heterocycles. The number of carbonyl (C=O) groups is 2. The van der Waals surface area contributed by atoms with E-state index in [4.69, 9.17) is 25.5 Å². The Kier molecular flexibility index (Phi) is 7.37. The van der Waals surface area contributed by atoms with Crippen LogP contribution in [0.25, 0.3) is 16.9 Å². The van der Waals surface area contributed by atoms with Gasteiger partial charge in [-0.05, 0) is 48.0 Å². The summed E-state index contributed by atoms with van der Waals surface area (Å²) in [5.74, 6) is -0.409. The highest BCUT2D eigenvalue weighted by molar-refractivity contribution is 6.30. The molecule has 3 aromatic heterocycles. The zero-order valence-corrected chi connectivity index (χ0v) is 21.1. The molecule has 5 rings (SSSR count). The molecule has 0 fully saturated rings. The van der Waals surface area contributed by atoms with E-state index in [2.05, 4.69) is 15.4 Å². The molecule has 0 aliphatic rings. The average Bonchev–Trinajstić information content (AvgIpc) is 3.62. The van der Waals surface area contributed by atoms with Crippen LogP contribution in [0.2, 0.25) is 5.02 Å². The fraction of sp³-hybridized carbons (Fsp3) is 0.143. The highest BCUT2D eigenvalue weighted by Gasteiger charge is 2.24. The van der Waals surface area contributed by atoms with Crippen LogP contribution in [0.1, 0.15) is 21.6 Å². The summed E-state index contributed by atoms with van der Waals surface area (Å²) in [5, 5.41) is 7.90. The molecule has 0 saturated heterocycles. The van der Waals surface area contributed by atoms with Gasteiger partial charge in [0.05, 0.1) is 31.5 Å². The first-order chi connectivity index (χ1) is 18.5. The Morgan fingerprint density at radius 2 is 1.82 bits per heavy atom. The minimum atomic E-state index is -0.910. The normalized spacial score (nSPS) is 11.7. The molecule has 10 heteroatoms. The van der Waals surface area contributed by atoms with E-state index < -0.39 is 17.9 Å². The maximum Gasteiger partial charge on any atom is 0.328 e. The summed E-state index contributed by atoms with van der Waals surface area (Å²) >= 11 is 5.97. The number of hydrogen-bond donors (Lipinski definition) is 1. The van der Waals surface area contributed by atoms with Crippen LogP contribution >= 0.6 is 11.6 Å². The van der Waals surface area contributed by atoms with Crippen LogP contribution in [-0.2, 0) is 22.6 Å². The van der Waals surface area contributed by atoms with Crippen LogP contribution in [0.3, 0.4) is 0 Å². The van der Waals surface area contributed by atoms with Crippen molar-refractivity contribution in [1.29, 1.82) is 0 Å². The van der Waals surface area contributed by atoms with Gasteiger partial charge in [-0.3, -0.25) is 4.79 Å². The Morgan fingerprint density at radius 1 is 1.03 bits per heavy atom.